The average molecular weight is 428 g/mol. The summed E-state index contributed by atoms with van der Waals surface area (Å²) in [7, 11) is -0.534. The molecule has 30 heavy (non-hydrogen) atoms. The van der Waals surface area contributed by atoms with Crippen LogP contribution in [0.15, 0.2) is 54.6 Å². The number of benzene rings is 2. The Bertz CT molecular complexity index is 842. The van der Waals surface area contributed by atoms with Crippen molar-refractivity contribution in [2.75, 3.05) is 25.2 Å². The van der Waals surface area contributed by atoms with Crippen LogP contribution in [0, 0.1) is 0 Å². The van der Waals surface area contributed by atoms with Crippen molar-refractivity contribution in [2.24, 2.45) is 0 Å². The number of esters is 1. The first-order valence-electron chi connectivity index (χ1n) is 10.2. The van der Waals surface area contributed by atoms with Crippen LogP contribution in [0.3, 0.4) is 0 Å². The van der Waals surface area contributed by atoms with Crippen molar-refractivity contribution in [1.29, 1.82) is 0 Å². The second kappa shape index (κ2) is 10.0. The monoisotopic (exact) mass is 427 g/mol. The number of anilines is 1. The molecule has 162 valence electrons. The topological polar surface area (TPSA) is 55.8 Å². The highest BCUT2D eigenvalue weighted by Crippen LogP contribution is 2.36. The first-order chi connectivity index (χ1) is 14.0. The first kappa shape index (κ1) is 23.8. The molecule has 0 radical (unpaired) electrons. The molecule has 0 unspecified atom stereocenters. The van der Waals surface area contributed by atoms with Crippen molar-refractivity contribution in [3.63, 3.8) is 0 Å². The maximum atomic E-state index is 13.1. The molecule has 0 saturated carbocycles. The second-order valence-corrected chi connectivity index (χ2v) is 13.7. The highest BCUT2D eigenvalue weighted by Gasteiger charge is 2.37. The maximum absolute atomic E-state index is 13.1. The fourth-order valence-electron chi connectivity index (χ4n) is 2.76. The summed E-state index contributed by atoms with van der Waals surface area (Å²) in [6, 6.07) is 16.6. The molecule has 0 N–H and O–H groups in total. The second-order valence-electron chi connectivity index (χ2n) is 8.85. The summed E-state index contributed by atoms with van der Waals surface area (Å²) in [6.45, 7) is 12.0. The Labute approximate surface area is 181 Å². The van der Waals surface area contributed by atoms with Gasteiger partial charge in [-0.15, -0.1) is 0 Å². The molecule has 0 spiro atoms. The van der Waals surface area contributed by atoms with Crippen LogP contribution in [0.2, 0.25) is 18.1 Å². The van der Waals surface area contributed by atoms with Gasteiger partial charge in [0.2, 0.25) is 5.91 Å². The van der Waals surface area contributed by atoms with Gasteiger partial charge in [0.15, 0.2) is 8.32 Å². The predicted octanol–water partition coefficient (Wildman–Crippen LogP) is 5.07. The number of methoxy groups -OCH3 is 1. The summed E-state index contributed by atoms with van der Waals surface area (Å²) >= 11 is 0. The normalized spacial score (nSPS) is 11.8. The van der Waals surface area contributed by atoms with Gasteiger partial charge in [-0.1, -0.05) is 51.1 Å². The molecule has 5 nitrogen and oxygen atoms in total. The zero-order valence-corrected chi connectivity index (χ0v) is 19.9. The van der Waals surface area contributed by atoms with Gasteiger partial charge >= 0.3 is 5.97 Å². The Morgan fingerprint density at radius 2 is 1.57 bits per heavy atom. The van der Waals surface area contributed by atoms with Crippen LogP contribution in [0.5, 0.6) is 0 Å². The fraction of sp³-hybridized carbons (Fsp3) is 0.417. The summed E-state index contributed by atoms with van der Waals surface area (Å²) in [4.78, 5) is 26.5. The van der Waals surface area contributed by atoms with Crippen molar-refractivity contribution in [1.82, 2.24) is 0 Å². The highest BCUT2D eigenvalue weighted by atomic mass is 28.4. The van der Waals surface area contributed by atoms with Crippen molar-refractivity contribution in [3.05, 3.63) is 65.7 Å². The highest BCUT2D eigenvalue weighted by molar-refractivity contribution is 6.74. The molecule has 2 aromatic rings. The van der Waals surface area contributed by atoms with E-state index in [1.165, 1.54) is 7.11 Å². The van der Waals surface area contributed by atoms with E-state index in [-0.39, 0.29) is 23.3 Å². The van der Waals surface area contributed by atoms with Crippen LogP contribution in [0.25, 0.3) is 0 Å². The summed E-state index contributed by atoms with van der Waals surface area (Å²) in [5, 5.41) is 0.121. The summed E-state index contributed by atoms with van der Waals surface area (Å²) < 4.78 is 11.0. The number of ether oxygens (including phenoxy) is 1. The Kier molecular flexibility index (Phi) is 7.98. The Morgan fingerprint density at radius 3 is 2.10 bits per heavy atom. The minimum Gasteiger partial charge on any atom is -0.465 e. The van der Waals surface area contributed by atoms with Crippen LogP contribution >= 0.6 is 0 Å². The summed E-state index contributed by atoms with van der Waals surface area (Å²) in [5.41, 5.74) is 2.17. The molecule has 1 amide bonds. The number of para-hydroxylation sites is 1. The molecule has 0 aliphatic rings. The molecular formula is C24H33NO4Si. The van der Waals surface area contributed by atoms with E-state index in [1.54, 1.807) is 29.2 Å². The van der Waals surface area contributed by atoms with E-state index in [0.29, 0.717) is 18.7 Å². The number of rotatable bonds is 8. The van der Waals surface area contributed by atoms with Crippen molar-refractivity contribution in [3.8, 4) is 0 Å². The van der Waals surface area contributed by atoms with Crippen molar-refractivity contribution >= 4 is 25.9 Å². The predicted molar refractivity (Wildman–Crippen MR) is 123 cm³/mol. The number of hydrogen-bond donors (Lipinski definition) is 0. The number of nitrogens with zero attached hydrogens (tertiary/aromatic N) is 1. The van der Waals surface area contributed by atoms with Crippen LogP contribution < -0.4 is 4.90 Å². The van der Waals surface area contributed by atoms with Gasteiger partial charge in [0.25, 0.3) is 0 Å². The molecule has 2 aromatic carbocycles. The zero-order chi connectivity index (χ0) is 22.4. The maximum Gasteiger partial charge on any atom is 0.337 e. The first-order valence-corrected chi connectivity index (χ1v) is 13.1. The molecule has 0 aromatic heterocycles. The molecule has 0 aliphatic heterocycles. The third kappa shape index (κ3) is 6.28. The Hall–Kier alpha value is -2.44. The van der Waals surface area contributed by atoms with Gasteiger partial charge in [-0.3, -0.25) is 4.79 Å². The minimum atomic E-state index is -1.88. The van der Waals surface area contributed by atoms with Gasteiger partial charge in [0.05, 0.1) is 25.7 Å². The van der Waals surface area contributed by atoms with Gasteiger partial charge in [0.1, 0.15) is 0 Å². The lowest BCUT2D eigenvalue weighted by Crippen LogP contribution is -2.44. The molecule has 0 bridgehead atoms. The molecule has 0 aliphatic carbocycles. The van der Waals surface area contributed by atoms with Gasteiger partial charge in [-0.05, 0) is 48.0 Å². The fourth-order valence-corrected chi connectivity index (χ4v) is 3.80. The number of amides is 1. The Morgan fingerprint density at radius 1 is 0.967 bits per heavy atom. The lowest BCUT2D eigenvalue weighted by Gasteiger charge is -2.36. The van der Waals surface area contributed by atoms with Crippen LogP contribution in [-0.4, -0.2) is 40.5 Å². The molecule has 2 rings (SSSR count). The molecule has 0 atom stereocenters. The van der Waals surface area contributed by atoms with E-state index in [0.717, 1.165) is 11.3 Å². The molecule has 0 heterocycles. The van der Waals surface area contributed by atoms with E-state index >= 15 is 0 Å². The zero-order valence-electron chi connectivity index (χ0n) is 18.9. The lowest BCUT2D eigenvalue weighted by atomic mass is 10.1. The quantitative estimate of drug-likeness (QED) is 0.436. The van der Waals surface area contributed by atoms with Crippen LogP contribution in [-0.2, 0) is 20.4 Å². The molecule has 0 saturated heterocycles. The summed E-state index contributed by atoms with van der Waals surface area (Å²) in [6.07, 6.45) is 0.246. The molecule has 6 heteroatoms. The Balaban J connectivity index is 2.11. The van der Waals surface area contributed by atoms with Gasteiger partial charge in [0, 0.05) is 12.2 Å². The van der Waals surface area contributed by atoms with Gasteiger partial charge < -0.3 is 14.1 Å². The smallest absolute Gasteiger partial charge is 0.337 e. The number of hydrogen-bond acceptors (Lipinski definition) is 4. The van der Waals surface area contributed by atoms with E-state index in [9.17, 15) is 9.59 Å². The van der Waals surface area contributed by atoms with E-state index < -0.39 is 8.32 Å². The number of carbonyl (C=O) groups excluding carboxylic acids is 2. The lowest BCUT2D eigenvalue weighted by molar-refractivity contribution is -0.118. The van der Waals surface area contributed by atoms with Gasteiger partial charge in [-0.25, -0.2) is 4.79 Å². The largest absolute Gasteiger partial charge is 0.465 e. The SMILES string of the molecule is COC(=O)c1ccc(CC(=O)N(CCO[Si](C)(C)C(C)(C)C)c2ccccc2)cc1. The minimum absolute atomic E-state index is 0.00847. The van der Waals surface area contributed by atoms with Crippen molar-refractivity contribution in [2.45, 2.75) is 45.3 Å². The standard InChI is InChI=1S/C24H33NO4Si/c1-24(2,3)30(5,6)29-17-16-25(21-10-8-7-9-11-21)22(26)18-19-12-14-20(15-13-19)23(27)28-4/h7-15H,16-18H2,1-6H3. The summed E-state index contributed by atoms with van der Waals surface area (Å²) in [5.74, 6) is -0.396. The molecule has 0 fully saturated rings. The molecular weight excluding hydrogens is 394 g/mol. The van der Waals surface area contributed by atoms with Crippen LogP contribution in [0.4, 0.5) is 5.69 Å². The third-order valence-corrected chi connectivity index (χ3v) is 10.2. The third-order valence-electron chi connectivity index (χ3n) is 5.68. The van der Waals surface area contributed by atoms with E-state index in [2.05, 4.69) is 33.9 Å². The van der Waals surface area contributed by atoms with Crippen molar-refractivity contribution < 1.29 is 18.8 Å². The van der Waals surface area contributed by atoms with E-state index in [1.807, 2.05) is 30.3 Å². The van der Waals surface area contributed by atoms with Gasteiger partial charge in [-0.2, -0.15) is 0 Å². The van der Waals surface area contributed by atoms with E-state index in [4.69, 9.17) is 9.16 Å². The number of carbonyl (C=O) groups is 2. The average Bonchev–Trinajstić information content (AvgIpc) is 2.71. The van der Waals surface area contributed by atoms with Crippen LogP contribution in [0.1, 0.15) is 36.7 Å².